The number of phenols is 1. The van der Waals surface area contributed by atoms with E-state index in [1.54, 1.807) is 32.9 Å². The number of aryl methyl sites for hydroxylation is 1. The third kappa shape index (κ3) is 6.14. The lowest BCUT2D eigenvalue weighted by molar-refractivity contribution is 0.214. The van der Waals surface area contributed by atoms with Crippen molar-refractivity contribution in [1.82, 2.24) is 5.16 Å². The van der Waals surface area contributed by atoms with Crippen LogP contribution in [0.1, 0.15) is 31.0 Å². The van der Waals surface area contributed by atoms with Crippen LogP contribution in [0.2, 0.25) is 0 Å². The molecular formula is C21H26N3O7PS. The molecule has 0 amide bonds. The first-order chi connectivity index (χ1) is 15.7. The molecule has 0 saturated carbocycles. The Kier molecular flexibility index (Phi) is 7.80. The van der Waals surface area contributed by atoms with Crippen molar-refractivity contribution in [1.29, 1.82) is 0 Å². The van der Waals surface area contributed by atoms with E-state index in [4.69, 9.17) is 13.6 Å². The molecule has 2 aromatic carbocycles. The molecule has 10 nitrogen and oxygen atoms in total. The maximum atomic E-state index is 13.6. The summed E-state index contributed by atoms with van der Waals surface area (Å²) >= 11 is 0. The lowest BCUT2D eigenvalue weighted by Crippen LogP contribution is -2.16. The fourth-order valence-corrected chi connectivity index (χ4v) is 5.99. The van der Waals surface area contributed by atoms with E-state index in [1.165, 1.54) is 42.5 Å². The standard InChI is InChI=1S/C21H26N3O7PS/c1-4-29-32(26,30-5-2)21(16-7-6-8-18(25)14-16)22-17-9-11-19(12-10-17)33(27,28)24-20-13-15(3)31-23-20/h6-14,21-22,25H,4-5H2,1-3H3,(H,23,24). The van der Waals surface area contributed by atoms with Crippen molar-refractivity contribution >= 4 is 29.1 Å². The number of phenolic OH excluding ortho intramolecular Hbond substituents is 1. The van der Waals surface area contributed by atoms with Crippen LogP contribution in [0.5, 0.6) is 5.75 Å². The van der Waals surface area contributed by atoms with Crippen LogP contribution in [0.4, 0.5) is 11.5 Å². The van der Waals surface area contributed by atoms with Gasteiger partial charge in [-0.25, -0.2) is 8.42 Å². The number of nitrogens with zero attached hydrogens (tertiary/aromatic N) is 1. The molecule has 0 radical (unpaired) electrons. The summed E-state index contributed by atoms with van der Waals surface area (Å²) in [5, 5.41) is 16.6. The van der Waals surface area contributed by atoms with Crippen LogP contribution in [0.15, 0.2) is 64.0 Å². The number of hydrogen-bond donors (Lipinski definition) is 3. The Morgan fingerprint density at radius 2 is 1.76 bits per heavy atom. The van der Waals surface area contributed by atoms with E-state index < -0.39 is 23.4 Å². The summed E-state index contributed by atoms with van der Waals surface area (Å²) in [6, 6.07) is 13.6. The number of nitrogens with one attached hydrogen (secondary N) is 2. The number of sulfonamides is 1. The minimum absolute atomic E-state index is 0.000377. The van der Waals surface area contributed by atoms with Gasteiger partial charge < -0.3 is 24.0 Å². The summed E-state index contributed by atoms with van der Waals surface area (Å²) in [5.74, 6) is -0.399. The van der Waals surface area contributed by atoms with Crippen LogP contribution >= 0.6 is 7.60 Å². The van der Waals surface area contributed by atoms with Gasteiger partial charge >= 0.3 is 7.60 Å². The van der Waals surface area contributed by atoms with Gasteiger partial charge in [0.15, 0.2) is 11.6 Å². The van der Waals surface area contributed by atoms with E-state index in [0.29, 0.717) is 17.0 Å². The van der Waals surface area contributed by atoms with E-state index in [0.717, 1.165) is 0 Å². The van der Waals surface area contributed by atoms with Gasteiger partial charge in [0.2, 0.25) is 0 Å². The van der Waals surface area contributed by atoms with Crippen molar-refractivity contribution in [2.24, 2.45) is 0 Å². The van der Waals surface area contributed by atoms with Crippen LogP contribution < -0.4 is 10.0 Å². The van der Waals surface area contributed by atoms with Crippen LogP contribution in [-0.2, 0) is 23.6 Å². The summed E-state index contributed by atoms with van der Waals surface area (Å²) in [5.41, 5.74) is 0.958. The Bertz CT molecular complexity index is 1220. The summed E-state index contributed by atoms with van der Waals surface area (Å²) in [6.07, 6.45) is 0. The molecule has 3 rings (SSSR count). The first-order valence-corrected chi connectivity index (χ1v) is 13.3. The topological polar surface area (TPSA) is 140 Å². The average Bonchev–Trinajstić information content (AvgIpc) is 3.16. The second-order valence-electron chi connectivity index (χ2n) is 6.97. The first-order valence-electron chi connectivity index (χ1n) is 10.2. The van der Waals surface area contributed by atoms with Crippen molar-refractivity contribution in [3.8, 4) is 5.75 Å². The summed E-state index contributed by atoms with van der Waals surface area (Å²) < 4.78 is 57.0. The van der Waals surface area contributed by atoms with Crippen LogP contribution in [-0.4, -0.2) is 31.9 Å². The minimum atomic E-state index is -3.89. The summed E-state index contributed by atoms with van der Waals surface area (Å²) in [6.45, 7) is 5.36. The Labute approximate surface area is 192 Å². The van der Waals surface area contributed by atoms with E-state index >= 15 is 0 Å². The Morgan fingerprint density at radius 3 is 2.30 bits per heavy atom. The fraction of sp³-hybridized carbons (Fsp3) is 0.286. The van der Waals surface area contributed by atoms with Gasteiger partial charge in [0, 0.05) is 11.8 Å². The summed E-state index contributed by atoms with van der Waals surface area (Å²) in [4.78, 5) is 0.000377. The number of rotatable bonds is 11. The van der Waals surface area contributed by atoms with Gasteiger partial charge in [-0.2, -0.15) is 0 Å². The Morgan fingerprint density at radius 1 is 1.09 bits per heavy atom. The first kappa shape index (κ1) is 24.8. The van der Waals surface area contributed by atoms with E-state index in [9.17, 15) is 18.1 Å². The maximum absolute atomic E-state index is 13.6. The van der Waals surface area contributed by atoms with E-state index in [-0.39, 0.29) is 29.7 Å². The quantitative estimate of drug-likeness (QED) is 0.318. The molecule has 0 saturated heterocycles. The Balaban J connectivity index is 1.89. The summed E-state index contributed by atoms with van der Waals surface area (Å²) in [7, 11) is -7.58. The number of aromatic hydroxyl groups is 1. The predicted molar refractivity (Wildman–Crippen MR) is 124 cm³/mol. The van der Waals surface area contributed by atoms with E-state index in [2.05, 4.69) is 15.2 Å². The molecule has 12 heteroatoms. The highest BCUT2D eigenvalue weighted by atomic mass is 32.2. The zero-order chi connectivity index (χ0) is 24.1. The van der Waals surface area contributed by atoms with E-state index in [1.807, 2.05) is 0 Å². The third-order valence-electron chi connectivity index (χ3n) is 4.46. The second kappa shape index (κ2) is 10.4. The van der Waals surface area contributed by atoms with Gasteiger partial charge in [0.05, 0.1) is 18.1 Å². The van der Waals surface area contributed by atoms with Gasteiger partial charge in [0.25, 0.3) is 10.0 Å². The minimum Gasteiger partial charge on any atom is -0.508 e. The molecule has 1 heterocycles. The van der Waals surface area contributed by atoms with Crippen molar-refractivity contribution < 1.29 is 31.7 Å². The van der Waals surface area contributed by atoms with Crippen molar-refractivity contribution in [2.75, 3.05) is 23.3 Å². The van der Waals surface area contributed by atoms with Gasteiger partial charge in [0.1, 0.15) is 11.5 Å². The molecule has 0 spiro atoms. The van der Waals surface area contributed by atoms with Crippen molar-refractivity contribution in [3.63, 3.8) is 0 Å². The van der Waals surface area contributed by atoms with Gasteiger partial charge in [-0.1, -0.05) is 17.3 Å². The van der Waals surface area contributed by atoms with Gasteiger partial charge in [-0.3, -0.25) is 9.29 Å². The predicted octanol–water partition coefficient (Wildman–Crippen LogP) is 4.87. The molecule has 1 unspecified atom stereocenters. The van der Waals surface area contributed by atoms with Crippen molar-refractivity contribution in [2.45, 2.75) is 31.4 Å². The molecular weight excluding hydrogens is 469 g/mol. The third-order valence-corrected chi connectivity index (χ3v) is 8.12. The molecule has 0 aliphatic carbocycles. The van der Waals surface area contributed by atoms with Crippen LogP contribution in [0, 0.1) is 6.92 Å². The highest BCUT2D eigenvalue weighted by Crippen LogP contribution is 2.61. The van der Waals surface area contributed by atoms with Gasteiger partial charge in [-0.05, 0) is 62.7 Å². The number of anilines is 2. The Hall–Kier alpha value is -2.85. The molecule has 33 heavy (non-hydrogen) atoms. The molecule has 1 atom stereocenters. The molecule has 3 N–H and O–H groups in total. The molecule has 0 aliphatic rings. The SMILES string of the molecule is CCOP(=O)(OCC)C(Nc1ccc(S(=O)(=O)Nc2cc(C)on2)cc1)c1cccc(O)c1. The molecule has 0 aliphatic heterocycles. The lowest BCUT2D eigenvalue weighted by Gasteiger charge is -2.28. The monoisotopic (exact) mass is 495 g/mol. The molecule has 178 valence electrons. The fourth-order valence-electron chi connectivity index (χ4n) is 3.09. The highest BCUT2D eigenvalue weighted by molar-refractivity contribution is 7.92. The number of benzene rings is 2. The highest BCUT2D eigenvalue weighted by Gasteiger charge is 2.37. The molecule has 0 bridgehead atoms. The van der Waals surface area contributed by atoms with Gasteiger partial charge in [-0.15, -0.1) is 0 Å². The zero-order valence-corrected chi connectivity index (χ0v) is 20.1. The van der Waals surface area contributed by atoms with Crippen LogP contribution in [0.3, 0.4) is 0 Å². The largest absolute Gasteiger partial charge is 0.508 e. The smallest absolute Gasteiger partial charge is 0.357 e. The number of hydrogen-bond acceptors (Lipinski definition) is 9. The average molecular weight is 495 g/mol. The number of aromatic nitrogens is 1. The van der Waals surface area contributed by atoms with Crippen molar-refractivity contribution in [3.05, 3.63) is 65.9 Å². The zero-order valence-electron chi connectivity index (χ0n) is 18.4. The molecule has 1 aromatic heterocycles. The molecule has 0 fully saturated rings. The second-order valence-corrected chi connectivity index (χ2v) is 10.8. The molecule has 3 aromatic rings. The van der Waals surface area contributed by atoms with Crippen LogP contribution in [0.25, 0.3) is 0 Å². The lowest BCUT2D eigenvalue weighted by atomic mass is 10.2. The maximum Gasteiger partial charge on any atom is 0.357 e. The normalized spacial score (nSPS) is 12.9.